The van der Waals surface area contributed by atoms with E-state index in [1.54, 1.807) is 7.05 Å². The SMILES string of the molecule is CCN1CCNCCN(CC(=O)NC)CCNCC1. The topological polar surface area (TPSA) is 59.6 Å². The molecule has 6 heteroatoms. The Hall–Kier alpha value is -0.690. The number of carbonyl (C=O) groups excluding carboxylic acids is 1. The van der Waals surface area contributed by atoms with E-state index in [2.05, 4.69) is 32.7 Å². The molecule has 1 saturated heterocycles. The van der Waals surface area contributed by atoms with Gasteiger partial charge < -0.3 is 20.9 Å². The van der Waals surface area contributed by atoms with Crippen molar-refractivity contribution in [3.63, 3.8) is 0 Å². The molecule has 112 valence electrons. The lowest BCUT2D eigenvalue weighted by Crippen LogP contribution is -2.45. The second-order valence-electron chi connectivity index (χ2n) is 4.88. The number of nitrogens with zero attached hydrogens (tertiary/aromatic N) is 2. The van der Waals surface area contributed by atoms with Crippen LogP contribution in [0.25, 0.3) is 0 Å². The number of amides is 1. The summed E-state index contributed by atoms with van der Waals surface area (Å²) in [5, 5.41) is 9.59. The van der Waals surface area contributed by atoms with Gasteiger partial charge in [0.2, 0.25) is 5.91 Å². The highest BCUT2D eigenvalue weighted by molar-refractivity contribution is 5.77. The molecule has 0 aromatic carbocycles. The van der Waals surface area contributed by atoms with Gasteiger partial charge in [-0.3, -0.25) is 9.69 Å². The zero-order valence-corrected chi connectivity index (χ0v) is 12.4. The fourth-order valence-electron chi connectivity index (χ4n) is 2.18. The second kappa shape index (κ2) is 10.1. The van der Waals surface area contributed by atoms with Gasteiger partial charge in [0.05, 0.1) is 6.54 Å². The summed E-state index contributed by atoms with van der Waals surface area (Å²) < 4.78 is 0. The lowest BCUT2D eigenvalue weighted by Gasteiger charge is -2.25. The van der Waals surface area contributed by atoms with Crippen molar-refractivity contribution in [3.05, 3.63) is 0 Å². The summed E-state index contributed by atoms with van der Waals surface area (Å²) in [6.45, 7) is 11.7. The Morgan fingerprint density at radius 2 is 1.47 bits per heavy atom. The van der Waals surface area contributed by atoms with Gasteiger partial charge in [-0.15, -0.1) is 0 Å². The Morgan fingerprint density at radius 1 is 1.00 bits per heavy atom. The molecule has 0 aliphatic carbocycles. The summed E-state index contributed by atoms with van der Waals surface area (Å²) in [5.74, 6) is 0.0873. The van der Waals surface area contributed by atoms with Gasteiger partial charge in [-0.1, -0.05) is 6.92 Å². The Kier molecular flexibility index (Phi) is 8.73. The Morgan fingerprint density at radius 3 is 1.89 bits per heavy atom. The smallest absolute Gasteiger partial charge is 0.233 e. The van der Waals surface area contributed by atoms with Crippen LogP contribution in [0.3, 0.4) is 0 Å². The van der Waals surface area contributed by atoms with Crippen LogP contribution in [0.5, 0.6) is 0 Å². The molecule has 0 atom stereocenters. The first-order chi connectivity index (χ1) is 9.26. The number of likely N-dealkylation sites (N-methyl/N-ethyl adjacent to an activating group) is 2. The molecule has 0 unspecified atom stereocenters. The van der Waals surface area contributed by atoms with Gasteiger partial charge >= 0.3 is 0 Å². The Balaban J connectivity index is 2.34. The highest BCUT2D eigenvalue weighted by atomic mass is 16.1. The zero-order valence-electron chi connectivity index (χ0n) is 12.4. The van der Waals surface area contributed by atoms with Crippen LogP contribution in [0.2, 0.25) is 0 Å². The third-order valence-electron chi connectivity index (χ3n) is 3.51. The number of hydrogen-bond donors (Lipinski definition) is 3. The highest BCUT2D eigenvalue weighted by Gasteiger charge is 2.10. The molecule has 0 bridgehead atoms. The summed E-state index contributed by atoms with van der Waals surface area (Å²) >= 11 is 0. The van der Waals surface area contributed by atoms with Crippen LogP contribution in [0, 0.1) is 0 Å². The molecule has 1 amide bonds. The Bertz CT molecular complexity index is 235. The molecule has 1 aliphatic rings. The molecule has 1 fully saturated rings. The Labute approximate surface area is 116 Å². The van der Waals surface area contributed by atoms with Crippen molar-refractivity contribution in [2.24, 2.45) is 0 Å². The van der Waals surface area contributed by atoms with E-state index in [-0.39, 0.29) is 5.91 Å². The molecule has 1 rings (SSSR count). The van der Waals surface area contributed by atoms with Crippen molar-refractivity contribution in [1.29, 1.82) is 0 Å². The first kappa shape index (κ1) is 16.4. The first-order valence-corrected chi connectivity index (χ1v) is 7.33. The molecule has 0 saturated carbocycles. The van der Waals surface area contributed by atoms with Crippen LogP contribution in [0.15, 0.2) is 0 Å². The molecular weight excluding hydrogens is 242 g/mol. The van der Waals surface area contributed by atoms with Gasteiger partial charge in [-0.25, -0.2) is 0 Å². The van der Waals surface area contributed by atoms with Crippen LogP contribution in [0.1, 0.15) is 6.92 Å². The first-order valence-electron chi connectivity index (χ1n) is 7.33. The zero-order chi connectivity index (χ0) is 13.9. The van der Waals surface area contributed by atoms with Crippen molar-refractivity contribution >= 4 is 5.91 Å². The average molecular weight is 271 g/mol. The molecule has 0 radical (unpaired) electrons. The molecule has 1 heterocycles. The van der Waals surface area contributed by atoms with Crippen LogP contribution < -0.4 is 16.0 Å². The molecular formula is C13H29N5O. The monoisotopic (exact) mass is 271 g/mol. The van der Waals surface area contributed by atoms with E-state index in [0.29, 0.717) is 6.54 Å². The average Bonchev–Trinajstić information content (AvgIpc) is 2.41. The highest BCUT2D eigenvalue weighted by Crippen LogP contribution is 1.90. The van der Waals surface area contributed by atoms with Gasteiger partial charge in [-0.2, -0.15) is 0 Å². The lowest BCUT2D eigenvalue weighted by molar-refractivity contribution is -0.121. The van der Waals surface area contributed by atoms with E-state index in [0.717, 1.165) is 58.9 Å². The molecule has 0 aromatic rings. The van der Waals surface area contributed by atoms with Crippen LogP contribution in [-0.4, -0.2) is 88.2 Å². The van der Waals surface area contributed by atoms with E-state index in [9.17, 15) is 4.79 Å². The standard InChI is InChI=1S/C13H29N5O/c1-3-17-8-4-15-6-10-18(12-13(19)14-2)11-7-16-5-9-17/h15-16H,3-12H2,1-2H3,(H,14,19). The normalized spacial score (nSPS) is 21.4. The quantitative estimate of drug-likeness (QED) is 0.586. The van der Waals surface area contributed by atoms with Crippen molar-refractivity contribution in [3.8, 4) is 0 Å². The van der Waals surface area contributed by atoms with Crippen LogP contribution in [-0.2, 0) is 4.79 Å². The molecule has 0 spiro atoms. The predicted octanol–water partition coefficient (Wildman–Crippen LogP) is -1.45. The number of carbonyl (C=O) groups is 1. The molecule has 0 aromatic heterocycles. The van der Waals surface area contributed by atoms with E-state index >= 15 is 0 Å². The van der Waals surface area contributed by atoms with E-state index in [1.165, 1.54) is 0 Å². The minimum Gasteiger partial charge on any atom is -0.358 e. The summed E-state index contributed by atoms with van der Waals surface area (Å²) in [4.78, 5) is 16.1. The van der Waals surface area contributed by atoms with Crippen molar-refractivity contribution < 1.29 is 4.79 Å². The predicted molar refractivity (Wildman–Crippen MR) is 78.4 cm³/mol. The van der Waals surface area contributed by atoms with E-state index < -0.39 is 0 Å². The molecule has 1 aliphatic heterocycles. The maximum Gasteiger partial charge on any atom is 0.233 e. The maximum absolute atomic E-state index is 11.4. The summed E-state index contributed by atoms with van der Waals surface area (Å²) in [6.07, 6.45) is 0. The minimum atomic E-state index is 0.0873. The van der Waals surface area contributed by atoms with Gasteiger partial charge in [-0.05, 0) is 6.54 Å². The number of hydrogen-bond acceptors (Lipinski definition) is 5. The molecule has 6 nitrogen and oxygen atoms in total. The van der Waals surface area contributed by atoms with Gasteiger partial charge in [0.15, 0.2) is 0 Å². The molecule has 3 N–H and O–H groups in total. The fourth-order valence-corrected chi connectivity index (χ4v) is 2.18. The third kappa shape index (κ3) is 7.47. The molecule has 19 heavy (non-hydrogen) atoms. The van der Waals surface area contributed by atoms with Crippen LogP contribution >= 0.6 is 0 Å². The summed E-state index contributed by atoms with van der Waals surface area (Å²) in [5.41, 5.74) is 0. The number of rotatable bonds is 3. The van der Waals surface area contributed by atoms with Crippen LogP contribution in [0.4, 0.5) is 0 Å². The number of nitrogens with one attached hydrogen (secondary N) is 3. The van der Waals surface area contributed by atoms with E-state index in [1.807, 2.05) is 0 Å². The third-order valence-corrected chi connectivity index (χ3v) is 3.51. The summed E-state index contributed by atoms with van der Waals surface area (Å²) in [6, 6.07) is 0. The van der Waals surface area contributed by atoms with Crippen molar-refractivity contribution in [1.82, 2.24) is 25.8 Å². The van der Waals surface area contributed by atoms with Gasteiger partial charge in [0, 0.05) is 59.4 Å². The van der Waals surface area contributed by atoms with Gasteiger partial charge in [0.1, 0.15) is 0 Å². The lowest BCUT2D eigenvalue weighted by atomic mass is 10.3. The fraction of sp³-hybridized carbons (Fsp3) is 0.923. The van der Waals surface area contributed by atoms with Crippen molar-refractivity contribution in [2.75, 3.05) is 72.5 Å². The second-order valence-corrected chi connectivity index (χ2v) is 4.88. The minimum absolute atomic E-state index is 0.0873. The van der Waals surface area contributed by atoms with Crippen molar-refractivity contribution in [2.45, 2.75) is 6.92 Å². The van der Waals surface area contributed by atoms with Gasteiger partial charge in [0.25, 0.3) is 0 Å². The van der Waals surface area contributed by atoms with E-state index in [4.69, 9.17) is 0 Å². The summed E-state index contributed by atoms with van der Waals surface area (Å²) in [7, 11) is 1.69. The largest absolute Gasteiger partial charge is 0.358 e. The maximum atomic E-state index is 11.4.